The lowest BCUT2D eigenvalue weighted by Crippen LogP contribution is -2.10. The molecule has 0 unspecified atom stereocenters. The van der Waals surface area contributed by atoms with Crippen LogP contribution in [0.5, 0.6) is 0 Å². The molecule has 1 radical (unpaired) electrons. The van der Waals surface area contributed by atoms with Gasteiger partial charge in [0.25, 0.3) is 0 Å². The summed E-state index contributed by atoms with van der Waals surface area (Å²) in [4.78, 5) is 0. The van der Waals surface area contributed by atoms with E-state index in [0.29, 0.717) is 0 Å². The Labute approximate surface area is 52.3 Å². The van der Waals surface area contributed by atoms with Crippen molar-refractivity contribution >= 4 is 0 Å². The Morgan fingerprint density at radius 3 is 2.62 bits per heavy atom. The van der Waals surface area contributed by atoms with Gasteiger partial charge in [0.15, 0.2) is 0 Å². The number of hydrogen-bond acceptors (Lipinski definition) is 0. The minimum absolute atomic E-state index is 1.01. The third-order valence-corrected chi connectivity index (χ3v) is 1.94. The summed E-state index contributed by atoms with van der Waals surface area (Å²) in [6, 6.07) is 0. The third kappa shape index (κ3) is 1.50. The molecule has 1 aliphatic rings. The van der Waals surface area contributed by atoms with Crippen LogP contribution in [0.1, 0.15) is 39.0 Å². The summed E-state index contributed by atoms with van der Waals surface area (Å²) in [5, 5.41) is 0. The van der Waals surface area contributed by atoms with E-state index in [1.807, 2.05) is 0 Å². The molecule has 0 spiro atoms. The third-order valence-electron chi connectivity index (χ3n) is 1.94. The molecule has 0 N–H and O–H groups in total. The topological polar surface area (TPSA) is 0 Å². The molecule has 1 rings (SSSR count). The molecular formula is C8H15. The van der Waals surface area contributed by atoms with Gasteiger partial charge in [0, 0.05) is 0 Å². The zero-order valence-electron chi connectivity index (χ0n) is 5.69. The maximum absolute atomic E-state index is 2.49. The molecule has 0 saturated heterocycles. The second kappa shape index (κ2) is 3.11. The number of rotatable bonds is 3. The van der Waals surface area contributed by atoms with Gasteiger partial charge in [-0.2, -0.15) is 0 Å². The lowest BCUT2D eigenvalue weighted by atomic mass is 9.82. The van der Waals surface area contributed by atoms with Crippen molar-refractivity contribution in [3.05, 3.63) is 6.42 Å². The highest BCUT2D eigenvalue weighted by Gasteiger charge is 2.15. The summed E-state index contributed by atoms with van der Waals surface area (Å²) in [6.07, 6.45) is 9.58. The molecule has 0 bridgehead atoms. The SMILES string of the molecule is CCC[CH]C1CCC1. The van der Waals surface area contributed by atoms with E-state index in [1.165, 1.54) is 32.1 Å². The van der Waals surface area contributed by atoms with E-state index in [1.54, 1.807) is 0 Å². The Bertz CT molecular complexity index is 53.1. The highest BCUT2D eigenvalue weighted by molar-refractivity contribution is 4.82. The molecule has 0 heteroatoms. The average molecular weight is 111 g/mol. The van der Waals surface area contributed by atoms with Crippen LogP contribution in [0.25, 0.3) is 0 Å². The fourth-order valence-corrected chi connectivity index (χ4v) is 1.08. The van der Waals surface area contributed by atoms with Gasteiger partial charge < -0.3 is 0 Å². The second-order valence-electron chi connectivity index (χ2n) is 2.72. The van der Waals surface area contributed by atoms with Crippen molar-refractivity contribution in [1.29, 1.82) is 0 Å². The second-order valence-corrected chi connectivity index (χ2v) is 2.72. The maximum atomic E-state index is 2.49. The quantitative estimate of drug-likeness (QED) is 0.525. The molecule has 0 atom stereocenters. The monoisotopic (exact) mass is 111 g/mol. The molecule has 8 heavy (non-hydrogen) atoms. The van der Waals surface area contributed by atoms with Crippen LogP contribution < -0.4 is 0 Å². The Balaban J connectivity index is 1.86. The Morgan fingerprint density at radius 1 is 1.50 bits per heavy atom. The van der Waals surface area contributed by atoms with Gasteiger partial charge in [0.2, 0.25) is 0 Å². The highest BCUT2D eigenvalue weighted by atomic mass is 14.2. The van der Waals surface area contributed by atoms with Crippen LogP contribution in [0.3, 0.4) is 0 Å². The normalized spacial score (nSPS) is 20.6. The first-order valence-electron chi connectivity index (χ1n) is 3.77. The van der Waals surface area contributed by atoms with E-state index in [2.05, 4.69) is 13.3 Å². The van der Waals surface area contributed by atoms with Crippen molar-refractivity contribution in [2.45, 2.75) is 39.0 Å². The minimum Gasteiger partial charge on any atom is -0.0654 e. The van der Waals surface area contributed by atoms with Crippen molar-refractivity contribution in [2.24, 2.45) is 5.92 Å². The van der Waals surface area contributed by atoms with Gasteiger partial charge in [0.05, 0.1) is 0 Å². The largest absolute Gasteiger partial charge is 0.0654 e. The zero-order valence-corrected chi connectivity index (χ0v) is 5.69. The fraction of sp³-hybridized carbons (Fsp3) is 0.875. The van der Waals surface area contributed by atoms with Gasteiger partial charge in [0.1, 0.15) is 0 Å². The predicted octanol–water partition coefficient (Wildman–Crippen LogP) is 2.79. The summed E-state index contributed by atoms with van der Waals surface area (Å²) in [5.41, 5.74) is 0. The van der Waals surface area contributed by atoms with Gasteiger partial charge in [-0.25, -0.2) is 0 Å². The minimum atomic E-state index is 1.01. The molecule has 0 aromatic carbocycles. The van der Waals surface area contributed by atoms with Gasteiger partial charge in [-0.1, -0.05) is 39.0 Å². The zero-order chi connectivity index (χ0) is 5.82. The van der Waals surface area contributed by atoms with E-state index < -0.39 is 0 Å². The molecule has 47 valence electrons. The highest BCUT2D eigenvalue weighted by Crippen LogP contribution is 2.29. The molecule has 0 aromatic heterocycles. The maximum Gasteiger partial charge on any atom is -0.0355 e. The van der Waals surface area contributed by atoms with Gasteiger partial charge in [-0.15, -0.1) is 0 Å². The molecule has 1 saturated carbocycles. The molecule has 0 amide bonds. The lowest BCUT2D eigenvalue weighted by Gasteiger charge is -2.24. The number of hydrogen-bond donors (Lipinski definition) is 0. The molecular weight excluding hydrogens is 96.1 g/mol. The molecule has 0 nitrogen and oxygen atoms in total. The molecule has 0 aliphatic heterocycles. The van der Waals surface area contributed by atoms with E-state index >= 15 is 0 Å². The van der Waals surface area contributed by atoms with Gasteiger partial charge in [-0.05, 0) is 12.3 Å². The summed E-state index contributed by atoms with van der Waals surface area (Å²) < 4.78 is 0. The van der Waals surface area contributed by atoms with E-state index in [9.17, 15) is 0 Å². The molecule has 1 fully saturated rings. The summed E-state index contributed by atoms with van der Waals surface area (Å²) in [5.74, 6) is 1.01. The molecule has 0 aromatic rings. The first kappa shape index (κ1) is 6.12. The first-order chi connectivity index (χ1) is 3.93. The van der Waals surface area contributed by atoms with Crippen LogP contribution in [0, 0.1) is 12.3 Å². The van der Waals surface area contributed by atoms with Crippen molar-refractivity contribution in [3.63, 3.8) is 0 Å². The van der Waals surface area contributed by atoms with Crippen LogP contribution in [-0.2, 0) is 0 Å². The van der Waals surface area contributed by atoms with E-state index in [-0.39, 0.29) is 0 Å². The van der Waals surface area contributed by atoms with Crippen molar-refractivity contribution in [3.8, 4) is 0 Å². The van der Waals surface area contributed by atoms with Crippen molar-refractivity contribution in [1.82, 2.24) is 0 Å². The Hall–Kier alpha value is 0. The van der Waals surface area contributed by atoms with Crippen LogP contribution in [-0.4, -0.2) is 0 Å². The number of unbranched alkanes of at least 4 members (excludes halogenated alkanes) is 1. The fourth-order valence-electron chi connectivity index (χ4n) is 1.08. The van der Waals surface area contributed by atoms with E-state index in [0.717, 1.165) is 5.92 Å². The lowest BCUT2D eigenvalue weighted by molar-refractivity contribution is 0.353. The average Bonchev–Trinajstić information content (AvgIpc) is 1.63. The van der Waals surface area contributed by atoms with Crippen molar-refractivity contribution in [2.75, 3.05) is 0 Å². The van der Waals surface area contributed by atoms with Gasteiger partial charge in [-0.3, -0.25) is 0 Å². The summed E-state index contributed by atoms with van der Waals surface area (Å²) >= 11 is 0. The van der Waals surface area contributed by atoms with Gasteiger partial charge >= 0.3 is 0 Å². The van der Waals surface area contributed by atoms with Crippen LogP contribution in [0.4, 0.5) is 0 Å². The Morgan fingerprint density at radius 2 is 2.25 bits per heavy atom. The molecule has 0 heterocycles. The Kier molecular flexibility index (Phi) is 2.38. The van der Waals surface area contributed by atoms with Crippen LogP contribution >= 0.6 is 0 Å². The van der Waals surface area contributed by atoms with Crippen molar-refractivity contribution < 1.29 is 0 Å². The van der Waals surface area contributed by atoms with Crippen LogP contribution in [0.15, 0.2) is 0 Å². The van der Waals surface area contributed by atoms with Crippen LogP contribution in [0.2, 0.25) is 0 Å². The molecule has 1 aliphatic carbocycles. The van der Waals surface area contributed by atoms with E-state index in [4.69, 9.17) is 0 Å². The first-order valence-corrected chi connectivity index (χ1v) is 3.77. The smallest absolute Gasteiger partial charge is 0.0355 e. The standard InChI is InChI=1S/C8H15/c1-2-3-5-8-6-4-7-8/h5,8H,2-4,6-7H2,1H3. The predicted molar refractivity (Wildman–Crippen MR) is 36.5 cm³/mol. The summed E-state index contributed by atoms with van der Waals surface area (Å²) in [6.45, 7) is 2.25. The summed E-state index contributed by atoms with van der Waals surface area (Å²) in [7, 11) is 0.